The maximum Gasteiger partial charge on any atom is 0.170 e. The summed E-state index contributed by atoms with van der Waals surface area (Å²) in [5.41, 5.74) is 4.37. The third-order valence-corrected chi connectivity index (χ3v) is 4.66. The molecule has 1 unspecified atom stereocenters. The fourth-order valence-corrected chi connectivity index (χ4v) is 3.13. The van der Waals surface area contributed by atoms with Crippen LogP contribution in [0, 0.1) is 0 Å². The molecule has 0 radical (unpaired) electrons. The van der Waals surface area contributed by atoms with Gasteiger partial charge >= 0.3 is 0 Å². The van der Waals surface area contributed by atoms with E-state index in [9.17, 15) is 4.79 Å². The SMILES string of the molecule is CC(C)c1ccc(CC(C(=O)c2ccccc2)c2ccccc2)cc1. The van der Waals surface area contributed by atoms with Gasteiger partial charge in [-0.25, -0.2) is 0 Å². The van der Waals surface area contributed by atoms with Gasteiger partial charge < -0.3 is 0 Å². The van der Waals surface area contributed by atoms with E-state index in [-0.39, 0.29) is 11.7 Å². The number of rotatable bonds is 6. The van der Waals surface area contributed by atoms with Gasteiger partial charge in [0.1, 0.15) is 0 Å². The van der Waals surface area contributed by atoms with Crippen LogP contribution in [0.3, 0.4) is 0 Å². The first-order valence-electron chi connectivity index (χ1n) is 8.88. The summed E-state index contributed by atoms with van der Waals surface area (Å²) < 4.78 is 0. The molecule has 0 spiro atoms. The van der Waals surface area contributed by atoms with E-state index >= 15 is 0 Å². The quantitative estimate of drug-likeness (QED) is 0.506. The molecule has 0 bridgehead atoms. The minimum Gasteiger partial charge on any atom is -0.293 e. The molecule has 126 valence electrons. The molecule has 0 amide bonds. The third kappa shape index (κ3) is 4.24. The van der Waals surface area contributed by atoms with E-state index in [0.717, 1.165) is 17.5 Å². The Morgan fingerprint density at radius 3 is 1.84 bits per heavy atom. The highest BCUT2D eigenvalue weighted by molar-refractivity contribution is 6.01. The number of Topliss-reactive ketones (excluding diaryl/α,β-unsaturated/α-hetero) is 1. The first-order valence-corrected chi connectivity index (χ1v) is 8.88. The van der Waals surface area contributed by atoms with Crippen LogP contribution in [0.15, 0.2) is 84.9 Å². The van der Waals surface area contributed by atoms with Gasteiger partial charge in [0, 0.05) is 5.56 Å². The van der Waals surface area contributed by atoms with Crippen LogP contribution in [-0.2, 0) is 6.42 Å². The van der Waals surface area contributed by atoms with Gasteiger partial charge in [-0.2, -0.15) is 0 Å². The molecule has 0 aliphatic carbocycles. The van der Waals surface area contributed by atoms with Crippen LogP contribution >= 0.6 is 0 Å². The van der Waals surface area contributed by atoms with E-state index in [4.69, 9.17) is 0 Å². The highest BCUT2D eigenvalue weighted by Crippen LogP contribution is 2.26. The number of carbonyl (C=O) groups excluding carboxylic acids is 1. The molecule has 0 aliphatic rings. The molecule has 0 fully saturated rings. The lowest BCUT2D eigenvalue weighted by molar-refractivity contribution is 0.0959. The molecule has 1 atom stereocenters. The van der Waals surface area contributed by atoms with Crippen LogP contribution in [0.2, 0.25) is 0 Å². The van der Waals surface area contributed by atoms with Gasteiger partial charge in [0.15, 0.2) is 5.78 Å². The van der Waals surface area contributed by atoms with E-state index in [1.54, 1.807) is 0 Å². The van der Waals surface area contributed by atoms with Gasteiger partial charge in [0.25, 0.3) is 0 Å². The van der Waals surface area contributed by atoms with Crippen molar-refractivity contribution in [3.8, 4) is 0 Å². The summed E-state index contributed by atoms with van der Waals surface area (Å²) in [6, 6.07) is 28.4. The molecule has 25 heavy (non-hydrogen) atoms. The topological polar surface area (TPSA) is 17.1 Å². The number of benzene rings is 3. The van der Waals surface area contributed by atoms with Crippen molar-refractivity contribution >= 4 is 5.78 Å². The summed E-state index contributed by atoms with van der Waals surface area (Å²) in [6.07, 6.45) is 0.718. The summed E-state index contributed by atoms with van der Waals surface area (Å²) in [7, 11) is 0. The number of ketones is 1. The lowest BCUT2D eigenvalue weighted by atomic mass is 9.85. The molecule has 1 heteroatoms. The van der Waals surface area contributed by atoms with E-state index in [1.165, 1.54) is 11.1 Å². The molecule has 0 N–H and O–H groups in total. The lowest BCUT2D eigenvalue weighted by Crippen LogP contribution is -2.15. The smallest absolute Gasteiger partial charge is 0.170 e. The zero-order chi connectivity index (χ0) is 17.6. The fourth-order valence-electron chi connectivity index (χ4n) is 3.13. The predicted molar refractivity (Wildman–Crippen MR) is 104 cm³/mol. The largest absolute Gasteiger partial charge is 0.293 e. The van der Waals surface area contributed by atoms with Crippen molar-refractivity contribution in [2.75, 3.05) is 0 Å². The van der Waals surface area contributed by atoms with Gasteiger partial charge in [0.2, 0.25) is 0 Å². The van der Waals surface area contributed by atoms with Gasteiger partial charge in [0.05, 0.1) is 5.92 Å². The van der Waals surface area contributed by atoms with Crippen LogP contribution in [0.4, 0.5) is 0 Å². The average Bonchev–Trinajstić information content (AvgIpc) is 2.67. The average molecular weight is 328 g/mol. The summed E-state index contributed by atoms with van der Waals surface area (Å²) in [5, 5.41) is 0. The lowest BCUT2D eigenvalue weighted by Gasteiger charge is -2.17. The summed E-state index contributed by atoms with van der Waals surface area (Å²) in [5.74, 6) is 0.540. The Hall–Kier alpha value is -2.67. The Bertz CT molecular complexity index is 802. The highest BCUT2D eigenvalue weighted by atomic mass is 16.1. The summed E-state index contributed by atoms with van der Waals surface area (Å²) in [4.78, 5) is 13.1. The normalized spacial score (nSPS) is 12.1. The minimum atomic E-state index is -0.159. The second kappa shape index (κ2) is 7.94. The van der Waals surface area contributed by atoms with Crippen molar-refractivity contribution in [2.45, 2.75) is 32.1 Å². The molecule has 3 aromatic carbocycles. The third-order valence-electron chi connectivity index (χ3n) is 4.66. The second-order valence-electron chi connectivity index (χ2n) is 6.79. The van der Waals surface area contributed by atoms with E-state index in [2.05, 4.69) is 38.1 Å². The van der Waals surface area contributed by atoms with Crippen molar-refractivity contribution in [1.82, 2.24) is 0 Å². The van der Waals surface area contributed by atoms with Crippen molar-refractivity contribution < 1.29 is 4.79 Å². The van der Waals surface area contributed by atoms with Crippen LogP contribution in [0.5, 0.6) is 0 Å². The van der Waals surface area contributed by atoms with Crippen molar-refractivity contribution in [3.05, 3.63) is 107 Å². The number of carbonyl (C=O) groups is 1. The zero-order valence-corrected chi connectivity index (χ0v) is 14.9. The molecular weight excluding hydrogens is 304 g/mol. The maximum absolute atomic E-state index is 13.1. The Morgan fingerprint density at radius 2 is 1.28 bits per heavy atom. The predicted octanol–water partition coefficient (Wildman–Crippen LogP) is 6.02. The second-order valence-corrected chi connectivity index (χ2v) is 6.79. The molecule has 1 nitrogen and oxygen atoms in total. The molecule has 0 heterocycles. The first kappa shape index (κ1) is 17.2. The van der Waals surface area contributed by atoms with E-state index in [0.29, 0.717) is 5.92 Å². The molecule has 3 rings (SSSR count). The minimum absolute atomic E-state index is 0.159. The van der Waals surface area contributed by atoms with E-state index in [1.807, 2.05) is 60.7 Å². The molecule has 0 saturated carbocycles. The zero-order valence-electron chi connectivity index (χ0n) is 14.9. The van der Waals surface area contributed by atoms with Crippen LogP contribution < -0.4 is 0 Å². The Labute approximate surface area is 150 Å². The molecule has 0 aliphatic heterocycles. The first-order chi connectivity index (χ1) is 12.1. The number of hydrogen-bond donors (Lipinski definition) is 0. The van der Waals surface area contributed by atoms with Crippen LogP contribution in [-0.4, -0.2) is 5.78 Å². The Morgan fingerprint density at radius 1 is 0.720 bits per heavy atom. The summed E-state index contributed by atoms with van der Waals surface area (Å²) in [6.45, 7) is 4.39. The Balaban J connectivity index is 1.90. The van der Waals surface area contributed by atoms with Gasteiger partial charge in [-0.15, -0.1) is 0 Å². The van der Waals surface area contributed by atoms with E-state index < -0.39 is 0 Å². The maximum atomic E-state index is 13.1. The molecule has 0 aromatic heterocycles. The highest BCUT2D eigenvalue weighted by Gasteiger charge is 2.22. The fraction of sp³-hybridized carbons (Fsp3) is 0.208. The van der Waals surface area contributed by atoms with Crippen LogP contribution in [0.25, 0.3) is 0 Å². The van der Waals surface area contributed by atoms with Gasteiger partial charge in [-0.3, -0.25) is 4.79 Å². The Kier molecular flexibility index (Phi) is 5.45. The molecule has 0 saturated heterocycles. The standard InChI is InChI=1S/C24H24O/c1-18(2)20-15-13-19(14-16-20)17-23(21-9-5-3-6-10-21)24(25)22-11-7-4-8-12-22/h3-16,18,23H,17H2,1-2H3. The van der Waals surface area contributed by atoms with Crippen molar-refractivity contribution in [2.24, 2.45) is 0 Å². The van der Waals surface area contributed by atoms with Crippen molar-refractivity contribution in [1.29, 1.82) is 0 Å². The van der Waals surface area contributed by atoms with Crippen LogP contribution in [0.1, 0.15) is 52.7 Å². The molecule has 3 aromatic rings. The summed E-state index contributed by atoms with van der Waals surface area (Å²) >= 11 is 0. The van der Waals surface area contributed by atoms with Crippen molar-refractivity contribution in [3.63, 3.8) is 0 Å². The number of hydrogen-bond acceptors (Lipinski definition) is 1. The van der Waals surface area contributed by atoms with Gasteiger partial charge in [-0.1, -0.05) is 98.8 Å². The van der Waals surface area contributed by atoms with Gasteiger partial charge in [-0.05, 0) is 29.0 Å². The monoisotopic (exact) mass is 328 g/mol. The molecular formula is C24H24O.